The average Bonchev–Trinajstić information content (AvgIpc) is 2.25. The molecule has 2 N–H and O–H groups in total. The summed E-state index contributed by atoms with van der Waals surface area (Å²) in [7, 11) is 0. The van der Waals surface area contributed by atoms with Gasteiger partial charge in [-0.15, -0.1) is 0 Å². The first-order chi connectivity index (χ1) is 8.36. The Labute approximate surface area is 110 Å². The molecule has 0 bridgehead atoms. The Hall–Kier alpha value is -1.10. The van der Waals surface area contributed by atoms with Crippen LogP contribution >= 0.6 is 0 Å². The van der Waals surface area contributed by atoms with Crippen molar-refractivity contribution in [2.24, 2.45) is 5.92 Å². The van der Waals surface area contributed by atoms with Crippen LogP contribution in [0.4, 0.5) is 0 Å². The minimum absolute atomic E-state index is 0.0422. The van der Waals surface area contributed by atoms with Gasteiger partial charge in [0.2, 0.25) is 5.91 Å². The molecule has 0 aromatic carbocycles. The fourth-order valence-corrected chi connectivity index (χ4v) is 1.49. The molecule has 106 valence electrons. The Morgan fingerprint density at radius 2 is 1.78 bits per heavy atom. The Balaban J connectivity index is 3.94. The van der Waals surface area contributed by atoms with E-state index in [4.69, 9.17) is 4.74 Å². The van der Waals surface area contributed by atoms with Gasteiger partial charge in [0.1, 0.15) is 0 Å². The molecule has 0 radical (unpaired) electrons. The number of hydrogen-bond acceptors (Lipinski definition) is 4. The van der Waals surface area contributed by atoms with E-state index in [0.717, 1.165) is 0 Å². The third kappa shape index (κ3) is 8.06. The van der Waals surface area contributed by atoms with Gasteiger partial charge in [-0.05, 0) is 26.7 Å². The van der Waals surface area contributed by atoms with Gasteiger partial charge in [0.15, 0.2) is 0 Å². The molecule has 0 aliphatic heterocycles. The third-order valence-electron chi connectivity index (χ3n) is 2.39. The Kier molecular flexibility index (Phi) is 8.37. The van der Waals surface area contributed by atoms with E-state index in [-0.39, 0.29) is 30.4 Å². The molecule has 0 aromatic rings. The molecule has 0 aliphatic carbocycles. The van der Waals surface area contributed by atoms with Crippen molar-refractivity contribution in [1.29, 1.82) is 0 Å². The minimum Gasteiger partial charge on any atom is -0.466 e. The van der Waals surface area contributed by atoms with Crippen LogP contribution in [0.3, 0.4) is 0 Å². The summed E-state index contributed by atoms with van der Waals surface area (Å²) in [6.45, 7) is 10.6. The molecule has 0 saturated heterocycles. The van der Waals surface area contributed by atoms with Crippen LogP contribution in [0.2, 0.25) is 0 Å². The summed E-state index contributed by atoms with van der Waals surface area (Å²) in [6.07, 6.45) is 0.273. The van der Waals surface area contributed by atoms with Gasteiger partial charge >= 0.3 is 5.97 Å². The highest BCUT2D eigenvalue weighted by Crippen LogP contribution is 1.97. The number of amides is 1. The molecule has 2 atom stereocenters. The zero-order valence-corrected chi connectivity index (χ0v) is 12.1. The molecule has 1 amide bonds. The van der Waals surface area contributed by atoms with E-state index in [9.17, 15) is 9.59 Å². The van der Waals surface area contributed by atoms with Crippen molar-refractivity contribution in [3.05, 3.63) is 0 Å². The molecule has 0 aliphatic rings. The standard InChI is InChI=1S/C13H26N2O3/c1-6-18-12(16)7-10(4)15-11(5)13(17)14-8-9(2)3/h9-11,15H,6-8H2,1-5H3,(H,14,17). The second-order valence-corrected chi connectivity index (χ2v) is 4.94. The number of ether oxygens (including phenoxy) is 1. The summed E-state index contributed by atoms with van der Waals surface area (Å²) in [5.74, 6) is 0.143. The first kappa shape index (κ1) is 16.9. The van der Waals surface area contributed by atoms with Gasteiger partial charge in [-0.3, -0.25) is 9.59 Å². The van der Waals surface area contributed by atoms with Crippen molar-refractivity contribution in [3.8, 4) is 0 Å². The number of carbonyl (C=O) groups is 2. The van der Waals surface area contributed by atoms with E-state index in [2.05, 4.69) is 10.6 Å². The second kappa shape index (κ2) is 8.91. The summed E-state index contributed by atoms with van der Waals surface area (Å²) < 4.78 is 4.85. The van der Waals surface area contributed by atoms with Crippen molar-refractivity contribution in [2.75, 3.05) is 13.2 Å². The largest absolute Gasteiger partial charge is 0.466 e. The van der Waals surface area contributed by atoms with E-state index in [1.54, 1.807) is 13.8 Å². The van der Waals surface area contributed by atoms with E-state index in [1.807, 2.05) is 20.8 Å². The van der Waals surface area contributed by atoms with Crippen molar-refractivity contribution >= 4 is 11.9 Å². The van der Waals surface area contributed by atoms with Gasteiger partial charge in [-0.2, -0.15) is 0 Å². The van der Waals surface area contributed by atoms with E-state index in [0.29, 0.717) is 19.1 Å². The highest BCUT2D eigenvalue weighted by Gasteiger charge is 2.17. The molecule has 0 heterocycles. The lowest BCUT2D eigenvalue weighted by molar-refractivity contribution is -0.143. The van der Waals surface area contributed by atoms with Crippen molar-refractivity contribution < 1.29 is 14.3 Å². The second-order valence-electron chi connectivity index (χ2n) is 4.94. The Bertz CT molecular complexity index is 267. The van der Waals surface area contributed by atoms with Crippen LogP contribution in [0.15, 0.2) is 0 Å². The van der Waals surface area contributed by atoms with Crippen molar-refractivity contribution in [3.63, 3.8) is 0 Å². The molecule has 5 heteroatoms. The summed E-state index contributed by atoms with van der Waals surface area (Å²) in [4.78, 5) is 23.0. The van der Waals surface area contributed by atoms with Gasteiger partial charge in [-0.1, -0.05) is 13.8 Å². The van der Waals surface area contributed by atoms with E-state index >= 15 is 0 Å². The molecule has 0 saturated carbocycles. The molecule has 5 nitrogen and oxygen atoms in total. The third-order valence-corrected chi connectivity index (χ3v) is 2.39. The Morgan fingerprint density at radius 1 is 1.17 bits per heavy atom. The molecule has 2 unspecified atom stereocenters. The molecule has 0 spiro atoms. The molecule has 18 heavy (non-hydrogen) atoms. The van der Waals surface area contributed by atoms with Gasteiger partial charge in [0, 0.05) is 12.6 Å². The summed E-state index contributed by atoms with van der Waals surface area (Å²) >= 11 is 0. The van der Waals surface area contributed by atoms with Crippen molar-refractivity contribution in [1.82, 2.24) is 10.6 Å². The van der Waals surface area contributed by atoms with Crippen LogP contribution in [-0.2, 0) is 14.3 Å². The molecule has 0 aromatic heterocycles. The number of carbonyl (C=O) groups excluding carboxylic acids is 2. The maximum absolute atomic E-state index is 11.7. The quantitative estimate of drug-likeness (QED) is 0.639. The summed E-state index contributed by atoms with van der Waals surface area (Å²) in [5, 5.41) is 5.93. The first-order valence-corrected chi connectivity index (χ1v) is 6.56. The highest BCUT2D eigenvalue weighted by molar-refractivity contribution is 5.81. The minimum atomic E-state index is -0.312. The number of esters is 1. The smallest absolute Gasteiger partial charge is 0.307 e. The van der Waals surface area contributed by atoms with Crippen LogP contribution in [0.25, 0.3) is 0 Å². The fraction of sp³-hybridized carbons (Fsp3) is 0.846. The summed E-state index contributed by atoms with van der Waals surface area (Å²) in [5.41, 5.74) is 0. The molecule has 0 rings (SSSR count). The average molecular weight is 258 g/mol. The molecular formula is C13H26N2O3. The number of hydrogen-bond donors (Lipinski definition) is 2. The fourth-order valence-electron chi connectivity index (χ4n) is 1.49. The van der Waals surface area contributed by atoms with Crippen LogP contribution in [0.5, 0.6) is 0 Å². The highest BCUT2D eigenvalue weighted by atomic mass is 16.5. The first-order valence-electron chi connectivity index (χ1n) is 6.56. The van der Waals surface area contributed by atoms with Gasteiger partial charge < -0.3 is 15.4 Å². The van der Waals surface area contributed by atoms with E-state index in [1.165, 1.54) is 0 Å². The van der Waals surface area contributed by atoms with Gasteiger partial charge in [-0.25, -0.2) is 0 Å². The lowest BCUT2D eigenvalue weighted by atomic mass is 10.2. The zero-order chi connectivity index (χ0) is 14.1. The van der Waals surface area contributed by atoms with Crippen LogP contribution in [-0.4, -0.2) is 37.1 Å². The SMILES string of the molecule is CCOC(=O)CC(C)NC(C)C(=O)NCC(C)C. The van der Waals surface area contributed by atoms with Crippen LogP contribution < -0.4 is 10.6 Å². The van der Waals surface area contributed by atoms with Gasteiger partial charge in [0.05, 0.1) is 19.1 Å². The maximum atomic E-state index is 11.7. The molecule has 0 fully saturated rings. The van der Waals surface area contributed by atoms with Gasteiger partial charge in [0.25, 0.3) is 0 Å². The van der Waals surface area contributed by atoms with Crippen molar-refractivity contribution in [2.45, 2.75) is 53.1 Å². The lowest BCUT2D eigenvalue weighted by Gasteiger charge is -2.19. The number of rotatable bonds is 8. The predicted molar refractivity (Wildman–Crippen MR) is 71.2 cm³/mol. The van der Waals surface area contributed by atoms with Crippen LogP contribution in [0, 0.1) is 5.92 Å². The predicted octanol–water partition coefficient (Wildman–Crippen LogP) is 1.08. The van der Waals surface area contributed by atoms with Crippen LogP contribution in [0.1, 0.15) is 41.0 Å². The normalized spacial score (nSPS) is 14.1. The number of nitrogens with one attached hydrogen (secondary N) is 2. The zero-order valence-electron chi connectivity index (χ0n) is 12.1. The Morgan fingerprint density at radius 3 is 2.28 bits per heavy atom. The summed E-state index contributed by atoms with van der Waals surface area (Å²) in [6, 6.07) is -0.392. The lowest BCUT2D eigenvalue weighted by Crippen LogP contribution is -2.47. The molecular weight excluding hydrogens is 232 g/mol. The van der Waals surface area contributed by atoms with E-state index < -0.39 is 0 Å². The topological polar surface area (TPSA) is 67.4 Å². The monoisotopic (exact) mass is 258 g/mol. The maximum Gasteiger partial charge on any atom is 0.307 e.